The fraction of sp³-hybridized carbons (Fsp3) is 0.647. The van der Waals surface area contributed by atoms with E-state index in [-0.39, 0.29) is 16.3 Å². The number of halogens is 2. The summed E-state index contributed by atoms with van der Waals surface area (Å²) in [7, 11) is 0. The third-order valence-corrected chi connectivity index (χ3v) is 5.32. The molecule has 0 bridgehead atoms. The highest BCUT2D eigenvalue weighted by Crippen LogP contribution is 2.43. The highest BCUT2D eigenvalue weighted by atomic mass is 35.5. The Bertz CT molecular complexity index is 450. The molecule has 1 aliphatic carbocycles. The highest BCUT2D eigenvalue weighted by molar-refractivity contribution is 6.30. The molecule has 0 saturated heterocycles. The molecule has 20 heavy (non-hydrogen) atoms. The van der Waals surface area contributed by atoms with E-state index in [1.54, 1.807) is 6.07 Å². The lowest BCUT2D eigenvalue weighted by Crippen LogP contribution is -2.37. The van der Waals surface area contributed by atoms with Crippen molar-refractivity contribution in [2.45, 2.75) is 46.0 Å². The van der Waals surface area contributed by atoms with Crippen molar-refractivity contribution in [2.24, 2.45) is 23.0 Å². The summed E-state index contributed by atoms with van der Waals surface area (Å²) in [5.74, 6) is 1.23. The minimum atomic E-state index is -0.347. The average Bonchev–Trinajstić information content (AvgIpc) is 2.43. The van der Waals surface area contributed by atoms with Crippen LogP contribution >= 0.6 is 11.6 Å². The molecular formula is C17H25ClFN. The maximum atomic E-state index is 13.2. The number of rotatable bonds is 4. The van der Waals surface area contributed by atoms with Crippen molar-refractivity contribution in [2.75, 3.05) is 6.54 Å². The molecule has 0 heterocycles. The number of hydrogen-bond donors (Lipinski definition) is 1. The predicted octanol–water partition coefficient (Wildman–Crippen LogP) is 4.81. The highest BCUT2D eigenvalue weighted by Gasteiger charge is 2.35. The Kier molecular flexibility index (Phi) is 5.09. The van der Waals surface area contributed by atoms with Crippen LogP contribution in [0.1, 0.15) is 45.1 Å². The van der Waals surface area contributed by atoms with Gasteiger partial charge in [-0.25, -0.2) is 4.39 Å². The zero-order valence-electron chi connectivity index (χ0n) is 12.5. The molecule has 112 valence electrons. The number of nitrogens with two attached hydrogens (primary N) is 1. The van der Waals surface area contributed by atoms with Gasteiger partial charge in [0.1, 0.15) is 5.82 Å². The van der Waals surface area contributed by atoms with Crippen LogP contribution in [0.4, 0.5) is 4.39 Å². The Hall–Kier alpha value is -0.600. The van der Waals surface area contributed by atoms with Crippen molar-refractivity contribution in [1.82, 2.24) is 0 Å². The lowest BCUT2D eigenvalue weighted by Gasteiger charge is -2.41. The molecule has 1 saturated carbocycles. The molecule has 0 unspecified atom stereocenters. The van der Waals surface area contributed by atoms with E-state index in [1.807, 2.05) is 6.07 Å². The maximum absolute atomic E-state index is 13.2. The predicted molar refractivity (Wildman–Crippen MR) is 83.4 cm³/mol. The van der Waals surface area contributed by atoms with E-state index >= 15 is 0 Å². The fourth-order valence-electron chi connectivity index (χ4n) is 3.45. The van der Waals surface area contributed by atoms with E-state index in [0.717, 1.165) is 23.8 Å². The van der Waals surface area contributed by atoms with Crippen LogP contribution in [0.5, 0.6) is 0 Å². The SMILES string of the molecule is CC(C)C1CCC(CN)(Cc2ccc(F)c(Cl)c2)CC1. The zero-order valence-corrected chi connectivity index (χ0v) is 13.2. The first kappa shape index (κ1) is 15.8. The van der Waals surface area contributed by atoms with Crippen molar-refractivity contribution in [3.8, 4) is 0 Å². The first-order chi connectivity index (χ1) is 9.46. The fourth-order valence-corrected chi connectivity index (χ4v) is 3.66. The molecule has 0 radical (unpaired) electrons. The number of hydrogen-bond acceptors (Lipinski definition) is 1. The van der Waals surface area contributed by atoms with Gasteiger partial charge in [0.2, 0.25) is 0 Å². The Morgan fingerprint density at radius 1 is 1.35 bits per heavy atom. The van der Waals surface area contributed by atoms with Gasteiger partial charge in [0, 0.05) is 0 Å². The summed E-state index contributed by atoms with van der Waals surface area (Å²) < 4.78 is 13.2. The van der Waals surface area contributed by atoms with Crippen molar-refractivity contribution < 1.29 is 4.39 Å². The largest absolute Gasteiger partial charge is 0.330 e. The molecule has 2 N–H and O–H groups in total. The van der Waals surface area contributed by atoms with Gasteiger partial charge < -0.3 is 5.73 Å². The Morgan fingerprint density at radius 2 is 2.00 bits per heavy atom. The molecule has 0 atom stereocenters. The van der Waals surface area contributed by atoms with Gasteiger partial charge in [-0.2, -0.15) is 0 Å². The molecule has 0 aliphatic heterocycles. The van der Waals surface area contributed by atoms with Gasteiger partial charge in [0.05, 0.1) is 5.02 Å². The molecule has 0 amide bonds. The van der Waals surface area contributed by atoms with E-state index in [2.05, 4.69) is 13.8 Å². The van der Waals surface area contributed by atoms with Gasteiger partial charge in [0.25, 0.3) is 0 Å². The second-order valence-corrected chi connectivity index (χ2v) is 7.12. The van der Waals surface area contributed by atoms with Crippen molar-refractivity contribution in [3.05, 3.63) is 34.6 Å². The van der Waals surface area contributed by atoms with Crippen molar-refractivity contribution >= 4 is 11.6 Å². The summed E-state index contributed by atoms with van der Waals surface area (Å²) in [6.45, 7) is 5.31. The van der Waals surface area contributed by atoms with Gasteiger partial charge in [-0.15, -0.1) is 0 Å². The van der Waals surface area contributed by atoms with Gasteiger partial charge in [0.15, 0.2) is 0 Å². The molecule has 1 aromatic rings. The third-order valence-electron chi connectivity index (χ3n) is 5.03. The van der Waals surface area contributed by atoms with Crippen LogP contribution in [0.25, 0.3) is 0 Å². The summed E-state index contributed by atoms with van der Waals surface area (Å²) >= 11 is 5.88. The Labute approximate surface area is 126 Å². The first-order valence-corrected chi connectivity index (χ1v) is 7.97. The quantitative estimate of drug-likeness (QED) is 0.847. The minimum Gasteiger partial charge on any atom is -0.330 e. The second-order valence-electron chi connectivity index (χ2n) is 6.71. The molecule has 1 fully saturated rings. The Morgan fingerprint density at radius 3 is 2.50 bits per heavy atom. The van der Waals surface area contributed by atoms with Crippen LogP contribution in [0.15, 0.2) is 18.2 Å². The van der Waals surface area contributed by atoms with Crippen molar-refractivity contribution in [3.63, 3.8) is 0 Å². The summed E-state index contributed by atoms with van der Waals surface area (Å²) in [5.41, 5.74) is 7.34. The van der Waals surface area contributed by atoms with Crippen LogP contribution in [-0.4, -0.2) is 6.54 Å². The van der Waals surface area contributed by atoms with E-state index in [4.69, 9.17) is 17.3 Å². The van der Waals surface area contributed by atoms with Gasteiger partial charge >= 0.3 is 0 Å². The third kappa shape index (κ3) is 3.53. The van der Waals surface area contributed by atoms with E-state index in [0.29, 0.717) is 6.54 Å². The normalized spacial score (nSPS) is 27.0. The molecular weight excluding hydrogens is 273 g/mol. The topological polar surface area (TPSA) is 26.0 Å². The second kappa shape index (κ2) is 6.44. The van der Waals surface area contributed by atoms with Crippen LogP contribution < -0.4 is 5.73 Å². The first-order valence-electron chi connectivity index (χ1n) is 7.60. The van der Waals surface area contributed by atoms with Gasteiger partial charge in [-0.3, -0.25) is 0 Å². The molecule has 1 aromatic carbocycles. The summed E-state index contributed by atoms with van der Waals surface area (Å²) in [5, 5.41) is 0.213. The Balaban J connectivity index is 2.07. The molecule has 1 nitrogen and oxygen atoms in total. The van der Waals surface area contributed by atoms with Crippen LogP contribution in [0.3, 0.4) is 0 Å². The average molecular weight is 298 g/mol. The lowest BCUT2D eigenvalue weighted by atomic mass is 9.65. The monoisotopic (exact) mass is 297 g/mol. The lowest BCUT2D eigenvalue weighted by molar-refractivity contribution is 0.132. The van der Waals surface area contributed by atoms with Crippen LogP contribution in [-0.2, 0) is 6.42 Å². The van der Waals surface area contributed by atoms with E-state index in [9.17, 15) is 4.39 Å². The number of benzene rings is 1. The van der Waals surface area contributed by atoms with Gasteiger partial charge in [-0.1, -0.05) is 31.5 Å². The molecule has 3 heteroatoms. The molecule has 1 aliphatic rings. The summed E-state index contributed by atoms with van der Waals surface area (Å²) in [6, 6.07) is 5.05. The smallest absolute Gasteiger partial charge is 0.141 e. The minimum absolute atomic E-state index is 0.173. The molecule has 2 rings (SSSR count). The van der Waals surface area contributed by atoms with Crippen LogP contribution in [0, 0.1) is 23.1 Å². The maximum Gasteiger partial charge on any atom is 0.141 e. The molecule has 0 aromatic heterocycles. The molecule has 0 spiro atoms. The summed E-state index contributed by atoms with van der Waals surface area (Å²) in [4.78, 5) is 0. The van der Waals surface area contributed by atoms with E-state index < -0.39 is 0 Å². The van der Waals surface area contributed by atoms with E-state index in [1.165, 1.54) is 31.7 Å². The van der Waals surface area contributed by atoms with Gasteiger partial charge in [-0.05, 0) is 73.6 Å². The summed E-state index contributed by atoms with van der Waals surface area (Å²) in [6.07, 6.45) is 5.75. The van der Waals surface area contributed by atoms with Crippen molar-refractivity contribution in [1.29, 1.82) is 0 Å². The zero-order chi connectivity index (χ0) is 14.8. The van der Waals surface area contributed by atoms with Crippen LogP contribution in [0.2, 0.25) is 5.02 Å². The standard InChI is InChI=1S/C17H25ClFN/c1-12(2)14-5-7-17(11-20,8-6-14)10-13-3-4-16(19)15(18)9-13/h3-4,9,12,14H,5-8,10-11,20H2,1-2H3.